The first-order valence-electron chi connectivity index (χ1n) is 6.97. The zero-order chi connectivity index (χ0) is 13.6. The van der Waals surface area contributed by atoms with Gasteiger partial charge in [-0.1, -0.05) is 58.4 Å². The molecule has 1 aromatic rings. The van der Waals surface area contributed by atoms with Crippen molar-refractivity contribution < 1.29 is 0 Å². The van der Waals surface area contributed by atoms with E-state index in [-0.39, 0.29) is 5.41 Å². The lowest BCUT2D eigenvalue weighted by Gasteiger charge is -2.19. The molecule has 1 aromatic carbocycles. The molecule has 0 aliphatic carbocycles. The Balaban J connectivity index is 2.45. The fraction of sp³-hybridized carbons (Fsp3) is 0.625. The van der Waals surface area contributed by atoms with Gasteiger partial charge in [0.15, 0.2) is 0 Å². The molecule has 2 heteroatoms. The summed E-state index contributed by atoms with van der Waals surface area (Å²) in [7, 11) is 0. The van der Waals surface area contributed by atoms with E-state index in [0.717, 1.165) is 26.1 Å². The number of nitrogens with two attached hydrogens (primary N) is 1. The van der Waals surface area contributed by atoms with Crippen LogP contribution in [0, 0.1) is 5.92 Å². The van der Waals surface area contributed by atoms with Crippen molar-refractivity contribution in [1.29, 1.82) is 0 Å². The van der Waals surface area contributed by atoms with Crippen LogP contribution < -0.4 is 11.1 Å². The summed E-state index contributed by atoms with van der Waals surface area (Å²) in [5.41, 5.74) is 8.66. The predicted molar refractivity (Wildman–Crippen MR) is 79.7 cm³/mol. The Morgan fingerprint density at radius 2 is 1.78 bits per heavy atom. The Labute approximate surface area is 112 Å². The number of hydrogen-bond acceptors (Lipinski definition) is 2. The molecule has 0 aromatic heterocycles. The third-order valence-electron chi connectivity index (χ3n) is 3.49. The SMILES string of the molecule is CCC(CN)CNCc1ccc(C(C)(C)C)cc1. The second-order valence-electron chi connectivity index (χ2n) is 6.09. The Hall–Kier alpha value is -0.860. The molecular weight excluding hydrogens is 220 g/mol. The molecule has 1 unspecified atom stereocenters. The quantitative estimate of drug-likeness (QED) is 0.812. The summed E-state index contributed by atoms with van der Waals surface area (Å²) in [5, 5.41) is 3.48. The number of rotatable bonds is 6. The Kier molecular flexibility index (Phi) is 5.83. The summed E-state index contributed by atoms with van der Waals surface area (Å²) in [6, 6.07) is 8.91. The van der Waals surface area contributed by atoms with Crippen LogP contribution in [0.15, 0.2) is 24.3 Å². The normalized spacial score (nSPS) is 13.6. The van der Waals surface area contributed by atoms with Crippen molar-refractivity contribution in [3.63, 3.8) is 0 Å². The molecule has 0 spiro atoms. The Bertz CT molecular complexity index is 331. The van der Waals surface area contributed by atoms with Gasteiger partial charge in [0.1, 0.15) is 0 Å². The van der Waals surface area contributed by atoms with Crippen LogP contribution in [0.25, 0.3) is 0 Å². The Morgan fingerprint density at radius 1 is 1.17 bits per heavy atom. The monoisotopic (exact) mass is 248 g/mol. The molecule has 102 valence electrons. The van der Waals surface area contributed by atoms with E-state index in [1.54, 1.807) is 0 Å². The molecule has 3 N–H and O–H groups in total. The molecule has 0 amide bonds. The minimum absolute atomic E-state index is 0.235. The summed E-state index contributed by atoms with van der Waals surface area (Å²) in [6.45, 7) is 11.6. The lowest BCUT2D eigenvalue weighted by molar-refractivity contribution is 0.471. The largest absolute Gasteiger partial charge is 0.330 e. The van der Waals surface area contributed by atoms with Crippen molar-refractivity contribution in [2.45, 2.75) is 46.1 Å². The lowest BCUT2D eigenvalue weighted by atomic mass is 9.87. The molecule has 0 aliphatic heterocycles. The molecular formula is C16H28N2. The number of nitrogens with one attached hydrogen (secondary N) is 1. The van der Waals surface area contributed by atoms with Crippen LogP contribution in [0.1, 0.15) is 45.2 Å². The lowest BCUT2D eigenvalue weighted by Crippen LogP contribution is -2.27. The van der Waals surface area contributed by atoms with Crippen molar-refractivity contribution in [2.75, 3.05) is 13.1 Å². The van der Waals surface area contributed by atoms with Crippen molar-refractivity contribution in [1.82, 2.24) is 5.32 Å². The van der Waals surface area contributed by atoms with Gasteiger partial charge in [-0.15, -0.1) is 0 Å². The van der Waals surface area contributed by atoms with Crippen LogP contribution in [-0.4, -0.2) is 13.1 Å². The third-order valence-corrected chi connectivity index (χ3v) is 3.49. The van der Waals surface area contributed by atoms with Crippen LogP contribution in [-0.2, 0) is 12.0 Å². The maximum Gasteiger partial charge on any atom is 0.0205 e. The highest BCUT2D eigenvalue weighted by Crippen LogP contribution is 2.22. The summed E-state index contributed by atoms with van der Waals surface area (Å²) < 4.78 is 0. The summed E-state index contributed by atoms with van der Waals surface area (Å²) in [4.78, 5) is 0. The molecule has 0 bridgehead atoms. The molecule has 0 saturated heterocycles. The van der Waals surface area contributed by atoms with E-state index in [0.29, 0.717) is 5.92 Å². The Morgan fingerprint density at radius 3 is 2.22 bits per heavy atom. The maximum atomic E-state index is 5.69. The van der Waals surface area contributed by atoms with E-state index in [9.17, 15) is 0 Å². The van der Waals surface area contributed by atoms with Gasteiger partial charge < -0.3 is 11.1 Å². The first-order valence-corrected chi connectivity index (χ1v) is 6.97. The second-order valence-corrected chi connectivity index (χ2v) is 6.09. The molecule has 0 saturated carbocycles. The minimum atomic E-state index is 0.235. The van der Waals surface area contributed by atoms with E-state index in [2.05, 4.69) is 57.3 Å². The van der Waals surface area contributed by atoms with Gasteiger partial charge in [-0.2, -0.15) is 0 Å². The molecule has 18 heavy (non-hydrogen) atoms. The smallest absolute Gasteiger partial charge is 0.0205 e. The minimum Gasteiger partial charge on any atom is -0.330 e. The topological polar surface area (TPSA) is 38.0 Å². The summed E-state index contributed by atoms with van der Waals surface area (Å²) >= 11 is 0. The van der Waals surface area contributed by atoms with Crippen LogP contribution in [0.3, 0.4) is 0 Å². The summed E-state index contributed by atoms with van der Waals surface area (Å²) in [6.07, 6.45) is 1.15. The van der Waals surface area contributed by atoms with Crippen LogP contribution in [0.2, 0.25) is 0 Å². The number of hydrogen-bond donors (Lipinski definition) is 2. The highest BCUT2D eigenvalue weighted by Gasteiger charge is 2.12. The van der Waals surface area contributed by atoms with Crippen molar-refractivity contribution in [3.05, 3.63) is 35.4 Å². The van der Waals surface area contributed by atoms with Gasteiger partial charge in [-0.05, 0) is 35.5 Å². The van der Waals surface area contributed by atoms with Gasteiger partial charge in [-0.3, -0.25) is 0 Å². The molecule has 2 nitrogen and oxygen atoms in total. The highest BCUT2D eigenvalue weighted by atomic mass is 14.9. The van der Waals surface area contributed by atoms with E-state index >= 15 is 0 Å². The predicted octanol–water partition coefficient (Wildman–Crippen LogP) is 3.06. The van der Waals surface area contributed by atoms with Gasteiger partial charge >= 0.3 is 0 Å². The molecule has 1 atom stereocenters. The van der Waals surface area contributed by atoms with Crippen LogP contribution in [0.5, 0.6) is 0 Å². The molecule has 0 fully saturated rings. The molecule has 1 rings (SSSR count). The summed E-state index contributed by atoms with van der Waals surface area (Å²) in [5.74, 6) is 0.596. The van der Waals surface area contributed by atoms with E-state index in [1.165, 1.54) is 11.1 Å². The van der Waals surface area contributed by atoms with Gasteiger partial charge in [0.2, 0.25) is 0 Å². The van der Waals surface area contributed by atoms with Crippen LogP contribution >= 0.6 is 0 Å². The average molecular weight is 248 g/mol. The van der Waals surface area contributed by atoms with E-state index < -0.39 is 0 Å². The van der Waals surface area contributed by atoms with Crippen LogP contribution in [0.4, 0.5) is 0 Å². The zero-order valence-electron chi connectivity index (χ0n) is 12.3. The molecule has 0 aliphatic rings. The van der Waals surface area contributed by atoms with Gasteiger partial charge in [0.05, 0.1) is 0 Å². The fourth-order valence-electron chi connectivity index (χ4n) is 1.94. The van der Waals surface area contributed by atoms with Crippen molar-refractivity contribution >= 4 is 0 Å². The first-order chi connectivity index (χ1) is 8.47. The van der Waals surface area contributed by atoms with Crippen molar-refractivity contribution in [3.8, 4) is 0 Å². The molecule has 0 radical (unpaired) electrons. The van der Waals surface area contributed by atoms with E-state index in [1.807, 2.05) is 0 Å². The van der Waals surface area contributed by atoms with Gasteiger partial charge in [0, 0.05) is 6.54 Å². The standard InChI is InChI=1S/C16H28N2/c1-5-13(10-17)11-18-12-14-6-8-15(9-7-14)16(2,3)4/h6-9,13,18H,5,10-12,17H2,1-4H3. The van der Waals surface area contributed by atoms with E-state index in [4.69, 9.17) is 5.73 Å². The molecule has 0 heterocycles. The highest BCUT2D eigenvalue weighted by molar-refractivity contribution is 5.27. The van der Waals surface area contributed by atoms with Gasteiger partial charge in [-0.25, -0.2) is 0 Å². The second kappa shape index (κ2) is 6.91. The maximum absolute atomic E-state index is 5.69. The van der Waals surface area contributed by atoms with Crippen molar-refractivity contribution in [2.24, 2.45) is 11.7 Å². The zero-order valence-corrected chi connectivity index (χ0v) is 12.3. The number of benzene rings is 1. The van der Waals surface area contributed by atoms with Gasteiger partial charge in [0.25, 0.3) is 0 Å². The fourth-order valence-corrected chi connectivity index (χ4v) is 1.94. The third kappa shape index (κ3) is 4.79. The first kappa shape index (κ1) is 15.2. The average Bonchev–Trinajstić information content (AvgIpc) is 2.34.